The molecule has 0 saturated heterocycles. The Morgan fingerprint density at radius 2 is 1.73 bits per heavy atom. The number of rotatable bonds is 3. The van der Waals surface area contributed by atoms with Crippen LogP contribution in [0.25, 0.3) is 11.4 Å². The van der Waals surface area contributed by atoms with Crippen molar-refractivity contribution in [3.63, 3.8) is 0 Å². The molecule has 2 nitrogen and oxygen atoms in total. The summed E-state index contributed by atoms with van der Waals surface area (Å²) >= 11 is 0. The van der Waals surface area contributed by atoms with Gasteiger partial charge in [-0.15, -0.1) is 6.58 Å². The van der Waals surface area contributed by atoms with Crippen molar-refractivity contribution in [2.45, 2.75) is 6.42 Å². The fourth-order valence-corrected chi connectivity index (χ4v) is 1.36. The number of hydrogen-bond donors (Lipinski definition) is 0. The summed E-state index contributed by atoms with van der Waals surface area (Å²) in [7, 11) is 0. The van der Waals surface area contributed by atoms with Crippen molar-refractivity contribution in [1.82, 2.24) is 9.97 Å². The lowest BCUT2D eigenvalue weighted by molar-refractivity contribution is 1.10. The molecule has 0 radical (unpaired) electrons. The Balaban J connectivity index is 2.28. The second-order valence-electron chi connectivity index (χ2n) is 3.27. The predicted molar refractivity (Wildman–Crippen MR) is 61.4 cm³/mol. The van der Waals surface area contributed by atoms with Crippen molar-refractivity contribution in [3.8, 4) is 11.4 Å². The molecule has 15 heavy (non-hydrogen) atoms. The summed E-state index contributed by atoms with van der Waals surface area (Å²) in [6.45, 7) is 3.68. The molecule has 1 aromatic carbocycles. The summed E-state index contributed by atoms with van der Waals surface area (Å²) in [6, 6.07) is 9.95. The van der Waals surface area contributed by atoms with Crippen LogP contribution >= 0.6 is 0 Å². The molecule has 0 atom stereocenters. The van der Waals surface area contributed by atoms with E-state index >= 15 is 0 Å². The lowest BCUT2D eigenvalue weighted by Crippen LogP contribution is -1.91. The standard InChI is InChI=1S/C13H12N2/c1-2-6-11-9-14-13(15-10-11)12-7-4-3-5-8-12/h2-5,7-10H,1,6H2. The second-order valence-corrected chi connectivity index (χ2v) is 3.27. The van der Waals surface area contributed by atoms with Crippen molar-refractivity contribution < 1.29 is 0 Å². The van der Waals surface area contributed by atoms with Gasteiger partial charge in [0.05, 0.1) is 0 Å². The molecule has 0 amide bonds. The summed E-state index contributed by atoms with van der Waals surface area (Å²) in [5.41, 5.74) is 2.13. The topological polar surface area (TPSA) is 25.8 Å². The lowest BCUT2D eigenvalue weighted by atomic mass is 10.2. The first-order chi connectivity index (χ1) is 7.40. The van der Waals surface area contributed by atoms with Crippen LogP contribution in [0, 0.1) is 0 Å². The Bertz CT molecular complexity index is 432. The van der Waals surface area contributed by atoms with Gasteiger partial charge in [-0.3, -0.25) is 0 Å². The highest BCUT2D eigenvalue weighted by atomic mass is 14.9. The molecule has 0 bridgehead atoms. The van der Waals surface area contributed by atoms with Crippen LogP contribution in [0.4, 0.5) is 0 Å². The average molecular weight is 196 g/mol. The van der Waals surface area contributed by atoms with E-state index in [2.05, 4.69) is 16.5 Å². The predicted octanol–water partition coefficient (Wildman–Crippen LogP) is 2.87. The van der Waals surface area contributed by atoms with E-state index in [1.807, 2.05) is 48.8 Å². The molecule has 0 fully saturated rings. The highest BCUT2D eigenvalue weighted by Crippen LogP contribution is 2.13. The third kappa shape index (κ3) is 2.29. The Morgan fingerprint density at radius 1 is 1.07 bits per heavy atom. The van der Waals surface area contributed by atoms with E-state index in [1.54, 1.807) is 0 Å². The SMILES string of the molecule is C=CCc1cnc(-c2ccccc2)nc1. The molecule has 1 aromatic heterocycles. The van der Waals surface area contributed by atoms with E-state index in [4.69, 9.17) is 0 Å². The third-order valence-electron chi connectivity index (χ3n) is 2.12. The van der Waals surface area contributed by atoms with Crippen molar-refractivity contribution in [2.24, 2.45) is 0 Å². The van der Waals surface area contributed by atoms with Crippen molar-refractivity contribution in [1.29, 1.82) is 0 Å². The molecule has 2 aromatic rings. The van der Waals surface area contributed by atoms with Crippen molar-refractivity contribution in [2.75, 3.05) is 0 Å². The lowest BCUT2D eigenvalue weighted by Gasteiger charge is -2.00. The van der Waals surface area contributed by atoms with Crippen LogP contribution in [0.15, 0.2) is 55.4 Å². The fraction of sp³-hybridized carbons (Fsp3) is 0.0769. The maximum atomic E-state index is 4.31. The fourth-order valence-electron chi connectivity index (χ4n) is 1.36. The normalized spacial score (nSPS) is 9.87. The van der Waals surface area contributed by atoms with Crippen LogP contribution in [0.3, 0.4) is 0 Å². The van der Waals surface area contributed by atoms with Gasteiger partial charge in [0.1, 0.15) is 0 Å². The molecule has 2 heteroatoms. The largest absolute Gasteiger partial charge is 0.236 e. The van der Waals surface area contributed by atoms with Gasteiger partial charge >= 0.3 is 0 Å². The third-order valence-corrected chi connectivity index (χ3v) is 2.12. The number of aromatic nitrogens is 2. The minimum Gasteiger partial charge on any atom is -0.236 e. The maximum absolute atomic E-state index is 4.31. The van der Waals surface area contributed by atoms with E-state index in [-0.39, 0.29) is 0 Å². The van der Waals surface area contributed by atoms with Crippen LogP contribution in [0.5, 0.6) is 0 Å². The summed E-state index contributed by atoms with van der Waals surface area (Å²) in [5.74, 6) is 0.767. The van der Waals surface area contributed by atoms with Gasteiger partial charge in [0.25, 0.3) is 0 Å². The summed E-state index contributed by atoms with van der Waals surface area (Å²) in [4.78, 5) is 8.62. The molecule has 0 saturated carbocycles. The molecular weight excluding hydrogens is 184 g/mol. The van der Waals surface area contributed by atoms with E-state index < -0.39 is 0 Å². The molecule has 0 aliphatic carbocycles. The second kappa shape index (κ2) is 4.51. The quantitative estimate of drug-likeness (QED) is 0.705. The first kappa shape index (κ1) is 9.59. The highest BCUT2D eigenvalue weighted by molar-refractivity contribution is 5.53. The molecule has 0 spiro atoms. The van der Waals surface area contributed by atoms with Crippen LogP contribution in [-0.4, -0.2) is 9.97 Å². The summed E-state index contributed by atoms with van der Waals surface area (Å²) in [5, 5.41) is 0. The highest BCUT2D eigenvalue weighted by Gasteiger charge is 1.98. The molecule has 0 unspecified atom stereocenters. The minimum absolute atomic E-state index is 0.767. The molecule has 1 heterocycles. The van der Waals surface area contributed by atoms with Crippen LogP contribution in [-0.2, 0) is 6.42 Å². The van der Waals surface area contributed by atoms with E-state index in [0.717, 1.165) is 23.4 Å². The molecule has 2 rings (SSSR count). The molecule has 0 aliphatic rings. The van der Waals surface area contributed by atoms with Gasteiger partial charge in [-0.2, -0.15) is 0 Å². The first-order valence-corrected chi connectivity index (χ1v) is 4.87. The van der Waals surface area contributed by atoms with Gasteiger partial charge in [-0.25, -0.2) is 9.97 Å². The molecular formula is C13H12N2. The average Bonchev–Trinajstić information content (AvgIpc) is 2.32. The zero-order valence-corrected chi connectivity index (χ0v) is 8.43. The number of allylic oxidation sites excluding steroid dienone is 1. The number of nitrogens with zero attached hydrogens (tertiary/aromatic N) is 2. The Kier molecular flexibility index (Phi) is 2.88. The van der Waals surface area contributed by atoms with Gasteiger partial charge in [0, 0.05) is 18.0 Å². The van der Waals surface area contributed by atoms with Crippen LogP contribution in [0.2, 0.25) is 0 Å². The van der Waals surface area contributed by atoms with Gasteiger partial charge in [-0.1, -0.05) is 36.4 Å². The number of benzene rings is 1. The van der Waals surface area contributed by atoms with E-state index in [9.17, 15) is 0 Å². The number of hydrogen-bond acceptors (Lipinski definition) is 2. The van der Waals surface area contributed by atoms with Crippen molar-refractivity contribution >= 4 is 0 Å². The Hall–Kier alpha value is -1.96. The summed E-state index contributed by atoms with van der Waals surface area (Å²) < 4.78 is 0. The van der Waals surface area contributed by atoms with Gasteiger partial charge in [0.2, 0.25) is 0 Å². The maximum Gasteiger partial charge on any atom is 0.159 e. The van der Waals surface area contributed by atoms with Crippen LogP contribution < -0.4 is 0 Å². The zero-order chi connectivity index (χ0) is 10.5. The van der Waals surface area contributed by atoms with Gasteiger partial charge < -0.3 is 0 Å². The van der Waals surface area contributed by atoms with Gasteiger partial charge in [-0.05, 0) is 12.0 Å². The molecule has 0 N–H and O–H groups in total. The van der Waals surface area contributed by atoms with Gasteiger partial charge in [0.15, 0.2) is 5.82 Å². The smallest absolute Gasteiger partial charge is 0.159 e. The van der Waals surface area contributed by atoms with Crippen molar-refractivity contribution in [3.05, 3.63) is 60.9 Å². The van der Waals surface area contributed by atoms with E-state index in [1.165, 1.54) is 0 Å². The van der Waals surface area contributed by atoms with Crippen LogP contribution in [0.1, 0.15) is 5.56 Å². The minimum atomic E-state index is 0.767. The summed E-state index contributed by atoms with van der Waals surface area (Å²) in [6.07, 6.45) is 6.35. The molecule has 74 valence electrons. The Labute approximate surface area is 89.3 Å². The molecule has 0 aliphatic heterocycles. The first-order valence-electron chi connectivity index (χ1n) is 4.87. The van der Waals surface area contributed by atoms with E-state index in [0.29, 0.717) is 0 Å². The monoisotopic (exact) mass is 196 g/mol. The Morgan fingerprint density at radius 3 is 2.33 bits per heavy atom. The zero-order valence-electron chi connectivity index (χ0n) is 8.43.